The zero-order valence-electron chi connectivity index (χ0n) is 15.4. The molecule has 0 aromatic carbocycles. The number of primary amides is 1. The van der Waals surface area contributed by atoms with Crippen LogP contribution in [-0.4, -0.2) is 59.0 Å². The van der Waals surface area contributed by atoms with Crippen molar-refractivity contribution in [2.24, 2.45) is 5.73 Å². The number of carbonyl (C=O) groups excluding carboxylic acids is 3. The number of pyridine rings is 1. The molecule has 0 unspecified atom stereocenters. The van der Waals surface area contributed by atoms with Crippen LogP contribution in [0.1, 0.15) is 19.5 Å². The van der Waals surface area contributed by atoms with Crippen LogP contribution in [0.25, 0.3) is 5.57 Å². The fourth-order valence-corrected chi connectivity index (χ4v) is 5.58. The van der Waals surface area contributed by atoms with Gasteiger partial charge in [-0.15, -0.1) is 0 Å². The largest absolute Gasteiger partial charge is 1.00 e. The molecule has 2 fully saturated rings. The third-order valence-electron chi connectivity index (χ3n) is 4.81. The fraction of sp³-hybridized carbons (Fsp3) is 0.375. The molecule has 0 spiro atoms. The standard InChI is InChI=1S/C16H17N3O7S.Na/c1-16(2)11(14(21)22)19-12(20)10(13(19)27(16,24)25)8(7-26-15(17)23)9-5-3-4-6-18-9;/h3-6,11,13H,7H2,1-2H3,(H2,17,23)(H,21,22);/q;+1/p-1/b10-8-;/t11-,13+;/m0./s1. The summed E-state index contributed by atoms with van der Waals surface area (Å²) in [6, 6.07) is 3.08. The Kier molecular flexibility index (Phi) is 5.96. The van der Waals surface area contributed by atoms with Gasteiger partial charge in [-0.1, -0.05) is 6.07 Å². The molecule has 144 valence electrons. The van der Waals surface area contributed by atoms with Crippen molar-refractivity contribution in [1.82, 2.24) is 9.88 Å². The fourth-order valence-electron chi connectivity index (χ4n) is 3.41. The average Bonchev–Trinajstić information content (AvgIpc) is 2.73. The van der Waals surface area contributed by atoms with E-state index in [4.69, 9.17) is 10.5 Å². The Bertz CT molecular complexity index is 975. The summed E-state index contributed by atoms with van der Waals surface area (Å²) in [4.78, 5) is 40.1. The summed E-state index contributed by atoms with van der Waals surface area (Å²) in [7, 11) is -4.11. The summed E-state index contributed by atoms with van der Waals surface area (Å²) in [6.07, 6.45) is 0.299. The molecule has 1 aromatic heterocycles. The molecule has 0 radical (unpaired) electrons. The number of hydrogen-bond acceptors (Lipinski definition) is 8. The van der Waals surface area contributed by atoms with E-state index in [-0.39, 0.29) is 46.4 Å². The van der Waals surface area contributed by atoms with Crippen molar-refractivity contribution in [1.29, 1.82) is 0 Å². The molecule has 2 atom stereocenters. The van der Waals surface area contributed by atoms with Gasteiger partial charge in [0, 0.05) is 11.8 Å². The van der Waals surface area contributed by atoms with Gasteiger partial charge >= 0.3 is 35.7 Å². The van der Waals surface area contributed by atoms with Crippen molar-refractivity contribution in [3.05, 3.63) is 35.7 Å². The second-order valence-electron chi connectivity index (χ2n) is 6.65. The Balaban J connectivity index is 0.00000280. The molecule has 0 saturated carbocycles. The van der Waals surface area contributed by atoms with E-state index in [2.05, 4.69) is 4.98 Å². The number of carboxylic acid groups (broad SMARTS) is 1. The van der Waals surface area contributed by atoms with Crippen LogP contribution in [0.2, 0.25) is 0 Å². The number of amides is 2. The van der Waals surface area contributed by atoms with E-state index in [1.54, 1.807) is 12.1 Å². The van der Waals surface area contributed by atoms with E-state index >= 15 is 0 Å². The number of hydrogen-bond donors (Lipinski definition) is 1. The van der Waals surface area contributed by atoms with Gasteiger partial charge in [-0.25, -0.2) is 13.2 Å². The Morgan fingerprint density at radius 3 is 2.50 bits per heavy atom. The first-order valence-corrected chi connectivity index (χ1v) is 9.40. The van der Waals surface area contributed by atoms with Crippen molar-refractivity contribution in [3.63, 3.8) is 0 Å². The van der Waals surface area contributed by atoms with Gasteiger partial charge in [0.15, 0.2) is 15.2 Å². The Morgan fingerprint density at radius 1 is 1.36 bits per heavy atom. The van der Waals surface area contributed by atoms with Crippen molar-refractivity contribution in [3.8, 4) is 0 Å². The minimum Gasteiger partial charge on any atom is -0.548 e. The maximum absolute atomic E-state index is 12.9. The first-order chi connectivity index (χ1) is 12.5. The molecular formula is C16H16N3NaO7S. The van der Waals surface area contributed by atoms with E-state index in [9.17, 15) is 27.9 Å². The number of nitrogens with two attached hydrogens (primary N) is 1. The number of ether oxygens (including phenoxy) is 1. The second-order valence-corrected chi connectivity index (χ2v) is 9.24. The van der Waals surface area contributed by atoms with Gasteiger partial charge < -0.3 is 25.3 Å². The topological polar surface area (TPSA) is 160 Å². The molecule has 12 heteroatoms. The molecule has 10 nitrogen and oxygen atoms in total. The quantitative estimate of drug-likeness (QED) is 0.291. The maximum atomic E-state index is 12.9. The van der Waals surface area contributed by atoms with E-state index in [1.165, 1.54) is 26.1 Å². The number of aliphatic carboxylic acids is 1. The predicted molar refractivity (Wildman–Crippen MR) is 89.1 cm³/mol. The Morgan fingerprint density at radius 2 is 2.00 bits per heavy atom. The normalized spacial score (nSPS) is 25.8. The number of carbonyl (C=O) groups is 3. The number of rotatable bonds is 4. The molecule has 2 aliphatic heterocycles. The molecule has 1 aromatic rings. The summed E-state index contributed by atoms with van der Waals surface area (Å²) in [5.74, 6) is -2.46. The van der Waals surface area contributed by atoms with Crippen molar-refractivity contribution in [2.75, 3.05) is 6.61 Å². The van der Waals surface area contributed by atoms with Crippen molar-refractivity contribution < 1.29 is 62.2 Å². The third kappa shape index (κ3) is 3.11. The van der Waals surface area contributed by atoms with Crippen LogP contribution < -0.4 is 40.4 Å². The summed E-state index contributed by atoms with van der Waals surface area (Å²) in [5, 5.41) is 10.0. The minimum atomic E-state index is -4.11. The Labute approximate surface area is 182 Å². The van der Waals surface area contributed by atoms with Gasteiger partial charge in [-0.3, -0.25) is 9.78 Å². The molecule has 3 heterocycles. The monoisotopic (exact) mass is 417 g/mol. The van der Waals surface area contributed by atoms with Gasteiger partial charge in [0.2, 0.25) is 0 Å². The zero-order valence-corrected chi connectivity index (χ0v) is 18.2. The van der Waals surface area contributed by atoms with Gasteiger partial charge in [-0.2, -0.15) is 0 Å². The van der Waals surface area contributed by atoms with E-state index in [0.29, 0.717) is 0 Å². The van der Waals surface area contributed by atoms with Gasteiger partial charge in [0.05, 0.1) is 28.0 Å². The summed E-state index contributed by atoms with van der Waals surface area (Å²) in [5.41, 5.74) is 5.06. The molecule has 0 aliphatic carbocycles. The van der Waals surface area contributed by atoms with Crippen LogP contribution in [0.5, 0.6) is 0 Å². The third-order valence-corrected chi connectivity index (χ3v) is 7.55. The minimum absolute atomic E-state index is 0. The summed E-state index contributed by atoms with van der Waals surface area (Å²) >= 11 is 0. The number of carboxylic acids is 1. The molecule has 3 rings (SSSR count). The number of sulfone groups is 1. The van der Waals surface area contributed by atoms with Crippen LogP contribution in [-0.2, 0) is 24.2 Å². The molecule has 2 amide bonds. The smallest absolute Gasteiger partial charge is 0.548 e. The molecule has 28 heavy (non-hydrogen) atoms. The van der Waals surface area contributed by atoms with E-state index in [0.717, 1.165) is 4.90 Å². The first-order valence-electron chi connectivity index (χ1n) is 7.85. The molecule has 2 N–H and O–H groups in total. The van der Waals surface area contributed by atoms with Gasteiger partial charge in [0.25, 0.3) is 5.91 Å². The molecule has 2 saturated heterocycles. The molecular weight excluding hydrogens is 401 g/mol. The summed E-state index contributed by atoms with van der Waals surface area (Å²) < 4.78 is 28.9. The van der Waals surface area contributed by atoms with Crippen LogP contribution in [0.4, 0.5) is 4.79 Å². The zero-order chi connectivity index (χ0) is 20.1. The Hall–Kier alpha value is -1.95. The van der Waals surface area contributed by atoms with Crippen LogP contribution in [0.3, 0.4) is 0 Å². The van der Waals surface area contributed by atoms with Gasteiger partial charge in [0.1, 0.15) is 6.61 Å². The molecule has 0 bridgehead atoms. The first kappa shape index (κ1) is 22.3. The summed E-state index contributed by atoms with van der Waals surface area (Å²) in [6.45, 7) is 1.97. The number of nitrogens with zero attached hydrogens (tertiary/aromatic N) is 2. The second kappa shape index (κ2) is 7.47. The number of aromatic nitrogens is 1. The van der Waals surface area contributed by atoms with Crippen molar-refractivity contribution >= 4 is 33.4 Å². The van der Waals surface area contributed by atoms with Gasteiger partial charge in [-0.05, 0) is 26.0 Å². The van der Waals surface area contributed by atoms with E-state index < -0.39 is 50.6 Å². The number of β-lactam (4-membered cyclic amide) rings is 1. The van der Waals surface area contributed by atoms with Crippen molar-refractivity contribution in [2.45, 2.75) is 30.0 Å². The molecule has 2 aliphatic rings. The van der Waals surface area contributed by atoms with Crippen LogP contribution >= 0.6 is 0 Å². The SMILES string of the molecule is CC1(C)[C@H](C(=O)[O-])N2C(=O)/C(=C(\COC(N)=O)c3ccccn3)[C@H]2S1(=O)=O.[Na+]. The average molecular weight is 417 g/mol. The van der Waals surface area contributed by atoms with Crippen LogP contribution in [0.15, 0.2) is 30.0 Å². The van der Waals surface area contributed by atoms with E-state index in [1.807, 2.05) is 0 Å². The predicted octanol–water partition coefficient (Wildman–Crippen LogP) is -4.57. The number of fused-ring (bicyclic) bond motifs is 1. The van der Waals surface area contributed by atoms with Crippen LogP contribution in [0, 0.1) is 0 Å². The maximum Gasteiger partial charge on any atom is 1.00 e.